The third kappa shape index (κ3) is 3.09. The van der Waals surface area contributed by atoms with Gasteiger partial charge < -0.3 is 15.3 Å². The summed E-state index contributed by atoms with van der Waals surface area (Å²) in [6.07, 6.45) is -1.01. The Morgan fingerprint density at radius 1 is 1.17 bits per heavy atom. The van der Waals surface area contributed by atoms with Crippen molar-refractivity contribution >= 4 is 0 Å². The largest absolute Gasteiger partial charge is 0.396 e. The first kappa shape index (κ1) is 11.9. The van der Waals surface area contributed by atoms with Crippen molar-refractivity contribution in [2.24, 2.45) is 11.8 Å². The van der Waals surface area contributed by atoms with Gasteiger partial charge in [-0.15, -0.1) is 0 Å². The van der Waals surface area contributed by atoms with Crippen molar-refractivity contribution in [2.45, 2.75) is 39.4 Å². The van der Waals surface area contributed by atoms with Gasteiger partial charge in [-0.05, 0) is 12.3 Å². The van der Waals surface area contributed by atoms with E-state index in [1.54, 1.807) is 0 Å². The van der Waals surface area contributed by atoms with Crippen molar-refractivity contribution in [1.82, 2.24) is 0 Å². The fourth-order valence-corrected chi connectivity index (χ4v) is 1.24. The van der Waals surface area contributed by atoms with Gasteiger partial charge in [0, 0.05) is 12.5 Å². The second-order valence-corrected chi connectivity index (χ2v) is 3.56. The third-order valence-electron chi connectivity index (χ3n) is 2.32. The van der Waals surface area contributed by atoms with E-state index in [-0.39, 0.29) is 18.4 Å². The van der Waals surface area contributed by atoms with Crippen LogP contribution in [0.25, 0.3) is 0 Å². The maximum absolute atomic E-state index is 9.54. The molecule has 0 aromatic rings. The molecule has 0 aliphatic carbocycles. The minimum Gasteiger partial charge on any atom is -0.396 e. The normalized spacial score (nSPS) is 19.2. The second kappa shape index (κ2) is 5.51. The molecular formula is C9H20O3. The number of rotatable bonds is 5. The first-order valence-corrected chi connectivity index (χ1v) is 4.51. The molecule has 0 bridgehead atoms. The minimum atomic E-state index is -0.806. The van der Waals surface area contributed by atoms with Crippen LogP contribution in [0, 0.1) is 11.8 Å². The molecule has 0 aliphatic rings. The number of hydrogen-bond acceptors (Lipinski definition) is 3. The summed E-state index contributed by atoms with van der Waals surface area (Å²) < 4.78 is 0. The predicted octanol–water partition coefficient (Wildman–Crippen LogP) is 0.383. The topological polar surface area (TPSA) is 60.7 Å². The summed E-state index contributed by atoms with van der Waals surface area (Å²) in [5.41, 5.74) is 0. The average Bonchev–Trinajstić information content (AvgIpc) is 2.03. The SMILES string of the molecule is CCC(O)C(O)C(CO)C(C)C. The lowest BCUT2D eigenvalue weighted by Crippen LogP contribution is -2.37. The summed E-state index contributed by atoms with van der Waals surface area (Å²) in [5, 5.41) is 27.8. The van der Waals surface area contributed by atoms with Gasteiger partial charge in [0.2, 0.25) is 0 Å². The highest BCUT2D eigenvalue weighted by Gasteiger charge is 2.26. The standard InChI is InChI=1S/C9H20O3/c1-4-8(11)9(12)7(5-10)6(2)3/h6-12H,4-5H2,1-3H3. The fourth-order valence-electron chi connectivity index (χ4n) is 1.24. The number of hydrogen-bond donors (Lipinski definition) is 3. The Balaban J connectivity index is 4.10. The van der Waals surface area contributed by atoms with Crippen molar-refractivity contribution in [3.63, 3.8) is 0 Å². The van der Waals surface area contributed by atoms with E-state index >= 15 is 0 Å². The molecule has 0 aliphatic heterocycles. The van der Waals surface area contributed by atoms with E-state index in [0.29, 0.717) is 6.42 Å². The van der Waals surface area contributed by atoms with Crippen LogP contribution in [0.3, 0.4) is 0 Å². The molecule has 3 nitrogen and oxygen atoms in total. The molecule has 0 fully saturated rings. The van der Waals surface area contributed by atoms with Crippen LogP contribution in [0.15, 0.2) is 0 Å². The zero-order valence-electron chi connectivity index (χ0n) is 8.07. The molecule has 0 spiro atoms. The smallest absolute Gasteiger partial charge is 0.0851 e. The summed E-state index contributed by atoms with van der Waals surface area (Å²) in [5.74, 6) is -0.0360. The maximum atomic E-state index is 9.54. The molecule has 0 aromatic heterocycles. The second-order valence-electron chi connectivity index (χ2n) is 3.56. The Morgan fingerprint density at radius 3 is 1.92 bits per heavy atom. The van der Waals surface area contributed by atoms with E-state index < -0.39 is 12.2 Å². The van der Waals surface area contributed by atoms with Gasteiger partial charge in [-0.25, -0.2) is 0 Å². The summed E-state index contributed by atoms with van der Waals surface area (Å²) in [6, 6.07) is 0. The Kier molecular flexibility index (Phi) is 5.46. The number of aliphatic hydroxyl groups excluding tert-OH is 3. The van der Waals surface area contributed by atoms with Gasteiger partial charge >= 0.3 is 0 Å². The zero-order valence-corrected chi connectivity index (χ0v) is 8.07. The van der Waals surface area contributed by atoms with Gasteiger partial charge in [0.15, 0.2) is 0 Å². The summed E-state index contributed by atoms with van der Waals surface area (Å²) in [4.78, 5) is 0. The molecule has 3 heteroatoms. The van der Waals surface area contributed by atoms with Gasteiger partial charge in [0.25, 0.3) is 0 Å². The molecular weight excluding hydrogens is 156 g/mol. The van der Waals surface area contributed by atoms with Crippen molar-refractivity contribution in [3.05, 3.63) is 0 Å². The fraction of sp³-hybridized carbons (Fsp3) is 1.00. The lowest BCUT2D eigenvalue weighted by molar-refractivity contribution is -0.0472. The lowest BCUT2D eigenvalue weighted by atomic mass is 9.87. The van der Waals surface area contributed by atoms with E-state index in [0.717, 1.165) is 0 Å². The quantitative estimate of drug-likeness (QED) is 0.567. The monoisotopic (exact) mass is 176 g/mol. The highest BCUT2D eigenvalue weighted by atomic mass is 16.3. The van der Waals surface area contributed by atoms with E-state index in [9.17, 15) is 10.2 Å². The molecule has 3 unspecified atom stereocenters. The summed E-state index contributed by atoms with van der Waals surface area (Å²) >= 11 is 0. The third-order valence-corrected chi connectivity index (χ3v) is 2.32. The molecule has 0 saturated heterocycles. The van der Waals surface area contributed by atoms with Gasteiger partial charge in [-0.2, -0.15) is 0 Å². The van der Waals surface area contributed by atoms with Crippen LogP contribution in [-0.2, 0) is 0 Å². The molecule has 12 heavy (non-hydrogen) atoms. The Bertz CT molecular complexity index is 114. The van der Waals surface area contributed by atoms with Crippen LogP contribution in [0.2, 0.25) is 0 Å². The molecule has 0 heterocycles. The minimum absolute atomic E-state index is 0.0735. The van der Waals surface area contributed by atoms with Crippen LogP contribution in [-0.4, -0.2) is 34.1 Å². The Morgan fingerprint density at radius 2 is 1.67 bits per heavy atom. The molecule has 0 amide bonds. The summed E-state index contributed by atoms with van der Waals surface area (Å²) in [7, 11) is 0. The van der Waals surface area contributed by atoms with Crippen molar-refractivity contribution in [3.8, 4) is 0 Å². The van der Waals surface area contributed by atoms with Crippen molar-refractivity contribution in [2.75, 3.05) is 6.61 Å². The summed E-state index contributed by atoms with van der Waals surface area (Å²) in [6.45, 7) is 5.58. The van der Waals surface area contributed by atoms with E-state index in [4.69, 9.17) is 5.11 Å². The predicted molar refractivity (Wildman–Crippen MR) is 47.7 cm³/mol. The average molecular weight is 176 g/mol. The Labute approximate surface area is 74.0 Å². The van der Waals surface area contributed by atoms with Crippen LogP contribution < -0.4 is 0 Å². The lowest BCUT2D eigenvalue weighted by Gasteiger charge is -2.27. The van der Waals surface area contributed by atoms with E-state index in [1.807, 2.05) is 20.8 Å². The Hall–Kier alpha value is -0.120. The van der Waals surface area contributed by atoms with Gasteiger partial charge in [0.1, 0.15) is 0 Å². The highest BCUT2D eigenvalue weighted by molar-refractivity contribution is 4.76. The zero-order chi connectivity index (χ0) is 9.72. The first-order chi connectivity index (χ1) is 5.54. The molecule has 0 aromatic carbocycles. The van der Waals surface area contributed by atoms with E-state index in [1.165, 1.54) is 0 Å². The van der Waals surface area contributed by atoms with Gasteiger partial charge in [0.05, 0.1) is 12.2 Å². The molecule has 0 rings (SSSR count). The molecule has 74 valence electrons. The van der Waals surface area contributed by atoms with Crippen LogP contribution in [0.1, 0.15) is 27.2 Å². The van der Waals surface area contributed by atoms with Crippen LogP contribution in [0.4, 0.5) is 0 Å². The van der Waals surface area contributed by atoms with Crippen molar-refractivity contribution in [1.29, 1.82) is 0 Å². The van der Waals surface area contributed by atoms with E-state index in [2.05, 4.69) is 0 Å². The molecule has 0 saturated carbocycles. The van der Waals surface area contributed by atoms with Crippen molar-refractivity contribution < 1.29 is 15.3 Å². The molecule has 3 atom stereocenters. The number of aliphatic hydroxyl groups is 3. The first-order valence-electron chi connectivity index (χ1n) is 4.51. The maximum Gasteiger partial charge on any atom is 0.0851 e. The molecule has 0 radical (unpaired) electrons. The highest BCUT2D eigenvalue weighted by Crippen LogP contribution is 2.18. The molecule has 3 N–H and O–H groups in total. The van der Waals surface area contributed by atoms with Crippen LogP contribution >= 0.6 is 0 Å². The van der Waals surface area contributed by atoms with Gasteiger partial charge in [-0.1, -0.05) is 20.8 Å². The van der Waals surface area contributed by atoms with Gasteiger partial charge in [-0.3, -0.25) is 0 Å². The van der Waals surface area contributed by atoms with Crippen LogP contribution in [0.5, 0.6) is 0 Å².